The van der Waals surface area contributed by atoms with E-state index in [1.54, 1.807) is 6.20 Å². The summed E-state index contributed by atoms with van der Waals surface area (Å²) in [7, 11) is 0. The van der Waals surface area contributed by atoms with Crippen LogP contribution in [0.15, 0.2) is 48.9 Å². The van der Waals surface area contributed by atoms with Gasteiger partial charge >= 0.3 is 0 Å². The molecular formula is C19H14F2N6O2. The Morgan fingerprint density at radius 2 is 2.03 bits per heavy atom. The Labute approximate surface area is 163 Å². The number of nitrogen functional groups attached to an aromatic ring is 1. The third-order valence-electron chi connectivity index (χ3n) is 3.88. The summed E-state index contributed by atoms with van der Waals surface area (Å²) < 4.78 is 34.8. The van der Waals surface area contributed by atoms with Crippen LogP contribution in [0.2, 0.25) is 0 Å². The Hall–Kier alpha value is -4.08. The van der Waals surface area contributed by atoms with Gasteiger partial charge in [0.1, 0.15) is 11.6 Å². The van der Waals surface area contributed by atoms with Gasteiger partial charge in [0.05, 0.1) is 18.1 Å². The van der Waals surface area contributed by atoms with Crippen molar-refractivity contribution in [2.24, 2.45) is 0 Å². The van der Waals surface area contributed by atoms with E-state index in [2.05, 4.69) is 20.3 Å². The zero-order valence-corrected chi connectivity index (χ0v) is 15.1. The van der Waals surface area contributed by atoms with Gasteiger partial charge in [0.15, 0.2) is 23.1 Å². The highest BCUT2D eigenvalue weighted by Gasteiger charge is 2.14. The van der Waals surface area contributed by atoms with Gasteiger partial charge in [-0.3, -0.25) is 4.79 Å². The predicted octanol–water partition coefficient (Wildman–Crippen LogP) is 3.40. The lowest BCUT2D eigenvalue weighted by Gasteiger charge is -2.09. The first-order chi connectivity index (χ1) is 13.9. The molecule has 3 aromatic heterocycles. The number of carbonyl (C=O) groups excluding carboxylic acids is 1. The molecule has 146 valence electrons. The van der Waals surface area contributed by atoms with Crippen molar-refractivity contribution in [2.75, 3.05) is 11.1 Å². The average Bonchev–Trinajstić information content (AvgIpc) is 3.06. The van der Waals surface area contributed by atoms with Crippen molar-refractivity contribution < 1.29 is 18.3 Å². The van der Waals surface area contributed by atoms with Crippen molar-refractivity contribution >= 4 is 23.2 Å². The topological polar surface area (TPSA) is 107 Å². The van der Waals surface area contributed by atoms with Gasteiger partial charge in [-0.05, 0) is 18.2 Å². The second-order valence-electron chi connectivity index (χ2n) is 6.12. The number of nitrogens with one attached hydrogen (secondary N) is 1. The molecule has 8 nitrogen and oxygen atoms in total. The zero-order chi connectivity index (χ0) is 20.5. The molecule has 0 fully saturated rings. The van der Waals surface area contributed by atoms with Crippen molar-refractivity contribution in [3.8, 4) is 22.9 Å². The van der Waals surface area contributed by atoms with E-state index < -0.39 is 11.6 Å². The number of hydrogen-bond donors (Lipinski definition) is 2. The molecule has 0 bridgehead atoms. The minimum Gasteiger partial charge on any atom is -0.436 e. The SMILES string of the molecule is CC(=O)Nc1cn2cc(-c3cnc(N)c(Oc4cccc(F)c4)n3)cc(F)c2n1. The van der Waals surface area contributed by atoms with Gasteiger partial charge in [-0.15, -0.1) is 0 Å². The molecule has 10 heteroatoms. The molecule has 1 aromatic carbocycles. The monoisotopic (exact) mass is 396 g/mol. The number of nitrogens with two attached hydrogens (primary N) is 1. The number of fused-ring (bicyclic) bond motifs is 1. The highest BCUT2D eigenvalue weighted by atomic mass is 19.1. The van der Waals surface area contributed by atoms with E-state index in [1.165, 1.54) is 54.0 Å². The lowest BCUT2D eigenvalue weighted by atomic mass is 10.2. The van der Waals surface area contributed by atoms with Crippen molar-refractivity contribution in [2.45, 2.75) is 6.92 Å². The van der Waals surface area contributed by atoms with Crippen LogP contribution in [0.5, 0.6) is 11.6 Å². The fourth-order valence-electron chi connectivity index (χ4n) is 2.68. The van der Waals surface area contributed by atoms with Crippen molar-refractivity contribution in [1.29, 1.82) is 0 Å². The molecule has 0 saturated heterocycles. The number of aromatic nitrogens is 4. The summed E-state index contributed by atoms with van der Waals surface area (Å²) in [6.07, 6.45) is 4.40. The maximum atomic E-state index is 14.5. The molecule has 0 saturated carbocycles. The molecule has 0 aliphatic carbocycles. The minimum atomic E-state index is -0.620. The van der Waals surface area contributed by atoms with Gasteiger partial charge in [0.25, 0.3) is 5.88 Å². The standard InChI is InChI=1S/C19H14F2N6O2/c1-10(28)24-16-9-27-8-11(5-14(21)18(27)26-16)15-7-23-17(22)19(25-15)29-13-4-2-3-12(20)6-13/h2-9H,1H3,(H2,22,23)(H,24,28). The Morgan fingerprint density at radius 3 is 2.79 bits per heavy atom. The molecule has 29 heavy (non-hydrogen) atoms. The van der Waals surface area contributed by atoms with Gasteiger partial charge < -0.3 is 20.2 Å². The summed E-state index contributed by atoms with van der Waals surface area (Å²) in [5.74, 6) is -1.06. The van der Waals surface area contributed by atoms with Crippen LogP contribution in [0.1, 0.15) is 6.92 Å². The summed E-state index contributed by atoms with van der Waals surface area (Å²) in [6.45, 7) is 1.33. The summed E-state index contributed by atoms with van der Waals surface area (Å²) in [5, 5.41) is 2.50. The van der Waals surface area contributed by atoms with Crippen LogP contribution in [0.3, 0.4) is 0 Å². The highest BCUT2D eigenvalue weighted by molar-refractivity contribution is 5.88. The fourth-order valence-corrected chi connectivity index (χ4v) is 2.68. The predicted molar refractivity (Wildman–Crippen MR) is 101 cm³/mol. The first kappa shape index (κ1) is 18.3. The Morgan fingerprint density at radius 1 is 1.21 bits per heavy atom. The Balaban J connectivity index is 1.72. The van der Waals surface area contributed by atoms with E-state index in [-0.39, 0.29) is 40.5 Å². The van der Waals surface area contributed by atoms with Crippen LogP contribution in [-0.2, 0) is 4.79 Å². The van der Waals surface area contributed by atoms with Crippen molar-refractivity contribution in [1.82, 2.24) is 19.4 Å². The quantitative estimate of drug-likeness (QED) is 0.547. The number of halogens is 2. The summed E-state index contributed by atoms with van der Waals surface area (Å²) >= 11 is 0. The number of carbonyl (C=O) groups is 1. The van der Waals surface area contributed by atoms with Gasteiger partial charge in [0.2, 0.25) is 5.91 Å². The van der Waals surface area contributed by atoms with E-state index in [0.717, 1.165) is 0 Å². The van der Waals surface area contributed by atoms with E-state index in [4.69, 9.17) is 10.5 Å². The fraction of sp³-hybridized carbons (Fsp3) is 0.0526. The van der Waals surface area contributed by atoms with Gasteiger partial charge in [0, 0.05) is 24.8 Å². The molecule has 4 aromatic rings. The van der Waals surface area contributed by atoms with Crippen molar-refractivity contribution in [3.05, 3.63) is 60.6 Å². The molecule has 0 aliphatic heterocycles. The van der Waals surface area contributed by atoms with Gasteiger partial charge in [-0.1, -0.05) is 6.07 Å². The van der Waals surface area contributed by atoms with Crippen LogP contribution < -0.4 is 15.8 Å². The first-order valence-corrected chi connectivity index (χ1v) is 8.41. The smallest absolute Gasteiger partial charge is 0.263 e. The van der Waals surface area contributed by atoms with Crippen LogP contribution in [0, 0.1) is 11.6 Å². The summed E-state index contributed by atoms with van der Waals surface area (Å²) in [5.41, 5.74) is 6.49. The number of benzene rings is 1. The van der Waals surface area contributed by atoms with Crippen LogP contribution in [0.25, 0.3) is 16.9 Å². The minimum absolute atomic E-state index is 0.00450. The number of pyridine rings is 1. The van der Waals surface area contributed by atoms with Crippen molar-refractivity contribution in [3.63, 3.8) is 0 Å². The Bertz CT molecular complexity index is 1240. The lowest BCUT2D eigenvalue weighted by molar-refractivity contribution is -0.114. The molecule has 0 atom stereocenters. The van der Waals surface area contributed by atoms with E-state index in [9.17, 15) is 13.6 Å². The maximum Gasteiger partial charge on any atom is 0.263 e. The van der Waals surface area contributed by atoms with Gasteiger partial charge in [-0.2, -0.15) is 0 Å². The van der Waals surface area contributed by atoms with E-state index in [0.29, 0.717) is 5.56 Å². The molecular weight excluding hydrogens is 382 g/mol. The molecule has 0 spiro atoms. The number of nitrogens with zero attached hydrogens (tertiary/aromatic N) is 4. The number of rotatable bonds is 4. The second-order valence-corrected chi connectivity index (χ2v) is 6.12. The highest BCUT2D eigenvalue weighted by Crippen LogP contribution is 2.28. The second kappa shape index (κ2) is 7.15. The largest absolute Gasteiger partial charge is 0.436 e. The van der Waals surface area contributed by atoms with E-state index in [1.807, 2.05) is 0 Å². The zero-order valence-electron chi connectivity index (χ0n) is 15.1. The van der Waals surface area contributed by atoms with Gasteiger partial charge in [-0.25, -0.2) is 23.7 Å². The molecule has 0 radical (unpaired) electrons. The Kier molecular flexibility index (Phi) is 4.51. The third kappa shape index (κ3) is 3.81. The molecule has 1 amide bonds. The number of amides is 1. The first-order valence-electron chi connectivity index (χ1n) is 8.41. The molecule has 0 aliphatic rings. The van der Waals surface area contributed by atoms with Crippen LogP contribution in [-0.4, -0.2) is 25.3 Å². The number of hydrogen-bond acceptors (Lipinski definition) is 6. The number of anilines is 2. The molecule has 4 rings (SSSR count). The molecule has 3 N–H and O–H groups in total. The molecule has 0 unspecified atom stereocenters. The number of ether oxygens (including phenoxy) is 1. The van der Waals surface area contributed by atoms with Crippen LogP contribution >= 0.6 is 0 Å². The number of imidazole rings is 1. The molecule has 3 heterocycles. The third-order valence-corrected chi connectivity index (χ3v) is 3.88. The van der Waals surface area contributed by atoms with Crippen LogP contribution in [0.4, 0.5) is 20.4 Å². The summed E-state index contributed by atoms with van der Waals surface area (Å²) in [6, 6.07) is 6.70. The maximum absolute atomic E-state index is 14.5. The van der Waals surface area contributed by atoms with E-state index >= 15 is 0 Å². The normalized spacial score (nSPS) is 10.9. The summed E-state index contributed by atoms with van der Waals surface area (Å²) in [4.78, 5) is 23.5. The lowest BCUT2D eigenvalue weighted by Crippen LogP contribution is -2.05. The average molecular weight is 396 g/mol.